The number of aromatic nitrogens is 2. The van der Waals surface area contributed by atoms with Gasteiger partial charge in [-0.1, -0.05) is 0 Å². The monoisotopic (exact) mass is 202 g/mol. The highest BCUT2D eigenvalue weighted by molar-refractivity contribution is 7.87. The number of hydrogen-bond donors (Lipinski definition) is 0. The highest BCUT2D eigenvalue weighted by Gasteiger charge is 2.10. The van der Waals surface area contributed by atoms with Crippen LogP contribution in [-0.4, -0.2) is 24.1 Å². The molecule has 0 aliphatic rings. The van der Waals surface area contributed by atoms with E-state index in [1.165, 1.54) is 19.3 Å². The molecular weight excluding hydrogens is 192 g/mol. The van der Waals surface area contributed by atoms with Crippen LogP contribution in [0.4, 0.5) is 0 Å². The quantitative estimate of drug-likeness (QED) is 0.668. The van der Waals surface area contributed by atoms with Crippen molar-refractivity contribution in [2.75, 3.05) is 5.75 Å². The molecule has 0 amide bonds. The van der Waals surface area contributed by atoms with Crippen LogP contribution in [0.15, 0.2) is 12.4 Å². The Morgan fingerprint density at radius 2 is 1.92 bits per heavy atom. The molecule has 0 aromatic carbocycles. The van der Waals surface area contributed by atoms with Crippen LogP contribution in [0.3, 0.4) is 0 Å². The molecule has 0 unspecified atom stereocenters. The van der Waals surface area contributed by atoms with Gasteiger partial charge in [0, 0.05) is 12.4 Å². The van der Waals surface area contributed by atoms with Gasteiger partial charge in [0.05, 0.1) is 5.75 Å². The van der Waals surface area contributed by atoms with E-state index in [9.17, 15) is 8.42 Å². The van der Waals surface area contributed by atoms with Gasteiger partial charge in [-0.05, 0) is 19.4 Å². The summed E-state index contributed by atoms with van der Waals surface area (Å²) in [6, 6.07) is -0.132. The van der Waals surface area contributed by atoms with Gasteiger partial charge in [0.15, 0.2) is 0 Å². The van der Waals surface area contributed by atoms with Gasteiger partial charge >= 0.3 is 16.1 Å². The second-order valence-electron chi connectivity index (χ2n) is 2.47. The molecular formula is C7H10N2O3S. The van der Waals surface area contributed by atoms with E-state index in [1.807, 2.05) is 0 Å². The first-order chi connectivity index (χ1) is 6.03. The van der Waals surface area contributed by atoms with Gasteiger partial charge < -0.3 is 4.18 Å². The van der Waals surface area contributed by atoms with Crippen molar-refractivity contribution in [1.29, 1.82) is 0 Å². The third kappa shape index (κ3) is 2.98. The molecule has 6 heteroatoms. The van der Waals surface area contributed by atoms with E-state index in [0.717, 1.165) is 5.56 Å². The molecule has 0 bridgehead atoms. The molecule has 0 aliphatic carbocycles. The van der Waals surface area contributed by atoms with E-state index in [1.54, 1.807) is 6.92 Å². The first-order valence-corrected chi connectivity index (χ1v) is 5.32. The van der Waals surface area contributed by atoms with Gasteiger partial charge in [0.25, 0.3) is 0 Å². The van der Waals surface area contributed by atoms with Crippen LogP contribution >= 0.6 is 0 Å². The number of rotatable bonds is 3. The normalized spacial score (nSPS) is 11.2. The molecule has 0 aliphatic heterocycles. The van der Waals surface area contributed by atoms with Crippen LogP contribution in [0.25, 0.3) is 0 Å². The van der Waals surface area contributed by atoms with Gasteiger partial charge in [0.2, 0.25) is 0 Å². The fourth-order valence-electron chi connectivity index (χ4n) is 0.596. The van der Waals surface area contributed by atoms with Crippen LogP contribution in [0, 0.1) is 6.92 Å². The molecule has 0 saturated carbocycles. The summed E-state index contributed by atoms with van der Waals surface area (Å²) in [5, 5.41) is 0. The number of nitrogens with zero attached hydrogens (tertiary/aromatic N) is 2. The Balaban J connectivity index is 2.82. The Hall–Kier alpha value is -1.17. The van der Waals surface area contributed by atoms with Crippen molar-refractivity contribution in [2.24, 2.45) is 0 Å². The molecule has 0 saturated heterocycles. The van der Waals surface area contributed by atoms with Crippen molar-refractivity contribution in [3.8, 4) is 6.01 Å². The Bertz CT molecular complexity index is 371. The number of aryl methyl sites for hydroxylation is 1. The summed E-state index contributed by atoms with van der Waals surface area (Å²) < 4.78 is 26.5. The van der Waals surface area contributed by atoms with E-state index in [2.05, 4.69) is 14.2 Å². The van der Waals surface area contributed by atoms with Gasteiger partial charge in [-0.25, -0.2) is 9.97 Å². The van der Waals surface area contributed by atoms with Gasteiger partial charge in [-0.15, -0.1) is 0 Å². The summed E-state index contributed by atoms with van der Waals surface area (Å²) in [5.41, 5.74) is 0.848. The fourth-order valence-corrected chi connectivity index (χ4v) is 1.03. The summed E-state index contributed by atoms with van der Waals surface area (Å²) in [6.45, 7) is 3.29. The van der Waals surface area contributed by atoms with Crippen molar-refractivity contribution < 1.29 is 12.6 Å². The van der Waals surface area contributed by atoms with Gasteiger partial charge in [-0.2, -0.15) is 8.42 Å². The smallest absolute Gasteiger partial charge is 0.332 e. The Kier molecular flexibility index (Phi) is 2.82. The van der Waals surface area contributed by atoms with Crippen molar-refractivity contribution in [2.45, 2.75) is 13.8 Å². The van der Waals surface area contributed by atoms with Crippen molar-refractivity contribution in [3.63, 3.8) is 0 Å². The summed E-state index contributed by atoms with van der Waals surface area (Å²) in [7, 11) is -3.51. The highest BCUT2D eigenvalue weighted by Crippen LogP contribution is 2.04. The fraction of sp³-hybridized carbons (Fsp3) is 0.429. The standard InChI is InChI=1S/C7H10N2O3S/c1-3-13(10,11)12-7-8-4-6(2)5-9-7/h4-5H,3H2,1-2H3. The van der Waals surface area contributed by atoms with Gasteiger partial charge in [0.1, 0.15) is 0 Å². The lowest BCUT2D eigenvalue weighted by molar-refractivity contribution is 0.465. The molecule has 1 aromatic heterocycles. The van der Waals surface area contributed by atoms with Crippen LogP contribution < -0.4 is 4.18 Å². The van der Waals surface area contributed by atoms with Gasteiger partial charge in [-0.3, -0.25) is 0 Å². The summed E-state index contributed by atoms with van der Waals surface area (Å²) >= 11 is 0. The zero-order valence-electron chi connectivity index (χ0n) is 7.39. The highest BCUT2D eigenvalue weighted by atomic mass is 32.2. The minimum absolute atomic E-state index is 0.0930. The largest absolute Gasteiger partial charge is 0.343 e. The molecule has 1 aromatic rings. The maximum Gasteiger partial charge on any atom is 0.332 e. The van der Waals surface area contributed by atoms with E-state index in [-0.39, 0.29) is 11.8 Å². The van der Waals surface area contributed by atoms with Crippen molar-refractivity contribution >= 4 is 10.1 Å². The predicted molar refractivity (Wildman–Crippen MR) is 46.9 cm³/mol. The molecule has 72 valence electrons. The van der Waals surface area contributed by atoms with Crippen LogP contribution in [0.1, 0.15) is 12.5 Å². The maximum absolute atomic E-state index is 11.0. The average molecular weight is 202 g/mol. The van der Waals surface area contributed by atoms with Crippen LogP contribution in [0.2, 0.25) is 0 Å². The molecule has 5 nitrogen and oxygen atoms in total. The van der Waals surface area contributed by atoms with Crippen LogP contribution in [-0.2, 0) is 10.1 Å². The molecule has 0 atom stereocenters. The lowest BCUT2D eigenvalue weighted by Gasteiger charge is -2.01. The lowest BCUT2D eigenvalue weighted by atomic mass is 10.4. The van der Waals surface area contributed by atoms with E-state index < -0.39 is 10.1 Å². The Morgan fingerprint density at radius 1 is 1.38 bits per heavy atom. The molecule has 13 heavy (non-hydrogen) atoms. The first-order valence-electron chi connectivity index (χ1n) is 3.74. The minimum atomic E-state index is -3.51. The van der Waals surface area contributed by atoms with Crippen molar-refractivity contribution in [1.82, 2.24) is 9.97 Å². The zero-order valence-corrected chi connectivity index (χ0v) is 8.21. The minimum Gasteiger partial charge on any atom is -0.343 e. The first kappa shape index (κ1) is 9.91. The van der Waals surface area contributed by atoms with Crippen molar-refractivity contribution in [3.05, 3.63) is 18.0 Å². The summed E-state index contributed by atoms with van der Waals surface area (Å²) in [4.78, 5) is 7.40. The molecule has 0 radical (unpaired) electrons. The Morgan fingerprint density at radius 3 is 2.38 bits per heavy atom. The van der Waals surface area contributed by atoms with E-state index >= 15 is 0 Å². The van der Waals surface area contributed by atoms with E-state index in [4.69, 9.17) is 0 Å². The average Bonchev–Trinajstić information content (AvgIpc) is 2.09. The summed E-state index contributed by atoms with van der Waals surface area (Å²) in [6.07, 6.45) is 2.99. The lowest BCUT2D eigenvalue weighted by Crippen LogP contribution is -2.13. The third-order valence-corrected chi connectivity index (χ3v) is 2.42. The maximum atomic E-state index is 11.0. The third-order valence-electron chi connectivity index (χ3n) is 1.31. The second-order valence-corrected chi connectivity index (χ2v) is 4.33. The molecule has 0 spiro atoms. The van der Waals surface area contributed by atoms with E-state index in [0.29, 0.717) is 0 Å². The predicted octanol–water partition coefficient (Wildman–Crippen LogP) is 0.514. The molecule has 1 heterocycles. The Labute approximate surface area is 76.9 Å². The van der Waals surface area contributed by atoms with Crippen LogP contribution in [0.5, 0.6) is 6.01 Å². The molecule has 1 rings (SSSR count). The second kappa shape index (κ2) is 3.69. The topological polar surface area (TPSA) is 69.2 Å². The molecule has 0 N–H and O–H groups in total. The molecule has 0 fully saturated rings. The summed E-state index contributed by atoms with van der Waals surface area (Å²) in [5.74, 6) is -0.0930. The zero-order chi connectivity index (χ0) is 9.90. The SMILES string of the molecule is CCS(=O)(=O)Oc1ncc(C)cn1. The number of hydrogen-bond acceptors (Lipinski definition) is 5.